The molecular weight excluding hydrogens is 246 g/mol. The summed E-state index contributed by atoms with van der Waals surface area (Å²) in [6.45, 7) is 4.98. The molecule has 2 aromatic rings. The van der Waals surface area contributed by atoms with Gasteiger partial charge in [0, 0.05) is 19.3 Å². The van der Waals surface area contributed by atoms with E-state index in [0.29, 0.717) is 0 Å². The highest BCUT2D eigenvalue weighted by atomic mass is 16.3. The van der Waals surface area contributed by atoms with Crippen LogP contribution in [0.5, 0.6) is 0 Å². The van der Waals surface area contributed by atoms with Crippen molar-refractivity contribution in [3.05, 3.63) is 65.2 Å². The molecule has 0 bridgehead atoms. The molecule has 2 rings (SSSR count). The Balaban J connectivity index is 2.05. The van der Waals surface area contributed by atoms with E-state index < -0.39 is 0 Å². The Morgan fingerprint density at radius 3 is 2.15 bits per heavy atom. The predicted octanol–water partition coefficient (Wildman–Crippen LogP) is 4.07. The van der Waals surface area contributed by atoms with Crippen molar-refractivity contribution in [1.82, 2.24) is 0 Å². The summed E-state index contributed by atoms with van der Waals surface area (Å²) >= 11 is 0. The van der Waals surface area contributed by atoms with Gasteiger partial charge >= 0.3 is 0 Å². The zero-order valence-electron chi connectivity index (χ0n) is 12.5. The standard InChI is InChI=1S/C18H23NO/c1-4-18(20)16-9-11-17(12-10-16)19(3)13-15-7-5-14(2)6-8-15/h5-12,18,20H,4,13H2,1-3H3. The van der Waals surface area contributed by atoms with Gasteiger partial charge in [0.25, 0.3) is 0 Å². The lowest BCUT2D eigenvalue weighted by molar-refractivity contribution is 0.173. The Bertz CT molecular complexity index is 530. The molecule has 1 N–H and O–H groups in total. The molecule has 0 spiro atoms. The van der Waals surface area contributed by atoms with Gasteiger partial charge in [-0.15, -0.1) is 0 Å². The van der Waals surface area contributed by atoms with Crippen LogP contribution in [0.4, 0.5) is 5.69 Å². The number of hydrogen-bond donors (Lipinski definition) is 1. The summed E-state index contributed by atoms with van der Waals surface area (Å²) in [7, 11) is 2.09. The van der Waals surface area contributed by atoms with Crippen LogP contribution in [0.25, 0.3) is 0 Å². The highest BCUT2D eigenvalue weighted by Gasteiger charge is 2.06. The number of hydrogen-bond acceptors (Lipinski definition) is 2. The van der Waals surface area contributed by atoms with Crippen molar-refractivity contribution in [3.8, 4) is 0 Å². The van der Waals surface area contributed by atoms with E-state index in [0.717, 1.165) is 24.2 Å². The molecule has 0 saturated heterocycles. The second-order valence-electron chi connectivity index (χ2n) is 5.36. The minimum atomic E-state index is -0.355. The molecular formula is C18H23NO. The lowest BCUT2D eigenvalue weighted by Gasteiger charge is -2.20. The van der Waals surface area contributed by atoms with Crippen molar-refractivity contribution in [1.29, 1.82) is 0 Å². The Labute approximate surface area is 121 Å². The van der Waals surface area contributed by atoms with Crippen LogP contribution in [0.2, 0.25) is 0 Å². The largest absolute Gasteiger partial charge is 0.388 e. The van der Waals surface area contributed by atoms with Gasteiger partial charge in [-0.25, -0.2) is 0 Å². The van der Waals surface area contributed by atoms with E-state index in [2.05, 4.69) is 55.3 Å². The average Bonchev–Trinajstić information content (AvgIpc) is 2.49. The van der Waals surface area contributed by atoms with Gasteiger partial charge in [-0.3, -0.25) is 0 Å². The van der Waals surface area contributed by atoms with Crippen LogP contribution in [0, 0.1) is 6.92 Å². The molecule has 106 valence electrons. The van der Waals surface area contributed by atoms with Crippen molar-refractivity contribution in [2.24, 2.45) is 0 Å². The van der Waals surface area contributed by atoms with E-state index in [4.69, 9.17) is 0 Å². The number of benzene rings is 2. The number of aryl methyl sites for hydroxylation is 1. The minimum absolute atomic E-state index is 0.355. The maximum absolute atomic E-state index is 9.81. The van der Waals surface area contributed by atoms with Crippen LogP contribution >= 0.6 is 0 Å². The fourth-order valence-electron chi connectivity index (χ4n) is 2.25. The third-order valence-corrected chi connectivity index (χ3v) is 3.65. The first-order valence-corrected chi connectivity index (χ1v) is 7.15. The average molecular weight is 269 g/mol. The number of rotatable bonds is 5. The normalized spacial score (nSPS) is 12.2. The molecule has 0 amide bonds. The predicted molar refractivity (Wildman–Crippen MR) is 85.0 cm³/mol. The van der Waals surface area contributed by atoms with Gasteiger partial charge in [-0.1, -0.05) is 48.9 Å². The molecule has 1 atom stereocenters. The van der Waals surface area contributed by atoms with Crippen LogP contribution in [-0.4, -0.2) is 12.2 Å². The first kappa shape index (κ1) is 14.6. The molecule has 0 aromatic heterocycles. The quantitative estimate of drug-likeness (QED) is 0.884. The van der Waals surface area contributed by atoms with Gasteiger partial charge in [0.1, 0.15) is 0 Å². The summed E-state index contributed by atoms with van der Waals surface area (Å²) in [4.78, 5) is 2.22. The number of anilines is 1. The van der Waals surface area contributed by atoms with Crippen molar-refractivity contribution in [2.75, 3.05) is 11.9 Å². The Hall–Kier alpha value is -1.80. The topological polar surface area (TPSA) is 23.5 Å². The van der Waals surface area contributed by atoms with Gasteiger partial charge in [0.15, 0.2) is 0 Å². The van der Waals surface area contributed by atoms with Crippen LogP contribution in [0.1, 0.15) is 36.1 Å². The van der Waals surface area contributed by atoms with Crippen molar-refractivity contribution >= 4 is 5.69 Å². The first-order chi connectivity index (χ1) is 9.60. The van der Waals surface area contributed by atoms with Gasteiger partial charge in [0.05, 0.1) is 6.10 Å². The maximum atomic E-state index is 9.81. The molecule has 0 aliphatic carbocycles. The second-order valence-corrected chi connectivity index (χ2v) is 5.36. The SMILES string of the molecule is CCC(O)c1ccc(N(C)Cc2ccc(C)cc2)cc1. The second kappa shape index (κ2) is 6.58. The van der Waals surface area contributed by atoms with E-state index >= 15 is 0 Å². The van der Waals surface area contributed by atoms with Crippen LogP contribution in [0.3, 0.4) is 0 Å². The van der Waals surface area contributed by atoms with Crippen LogP contribution in [-0.2, 0) is 6.54 Å². The molecule has 0 aliphatic rings. The van der Waals surface area contributed by atoms with Crippen molar-refractivity contribution in [3.63, 3.8) is 0 Å². The maximum Gasteiger partial charge on any atom is 0.0787 e. The Kier molecular flexibility index (Phi) is 4.80. The molecule has 0 aliphatic heterocycles. The van der Waals surface area contributed by atoms with E-state index in [9.17, 15) is 5.11 Å². The van der Waals surface area contributed by atoms with Crippen molar-refractivity contribution in [2.45, 2.75) is 32.9 Å². The molecule has 2 nitrogen and oxygen atoms in total. The van der Waals surface area contributed by atoms with E-state index in [1.54, 1.807) is 0 Å². The third-order valence-electron chi connectivity index (χ3n) is 3.65. The number of aliphatic hydroxyl groups excluding tert-OH is 1. The van der Waals surface area contributed by atoms with E-state index in [-0.39, 0.29) is 6.10 Å². The molecule has 1 unspecified atom stereocenters. The molecule has 0 heterocycles. The highest BCUT2D eigenvalue weighted by molar-refractivity contribution is 5.47. The lowest BCUT2D eigenvalue weighted by Crippen LogP contribution is -2.16. The fraction of sp³-hybridized carbons (Fsp3) is 0.333. The number of aliphatic hydroxyl groups is 1. The summed E-state index contributed by atoms with van der Waals surface area (Å²) < 4.78 is 0. The first-order valence-electron chi connectivity index (χ1n) is 7.15. The van der Waals surface area contributed by atoms with Crippen LogP contribution in [0.15, 0.2) is 48.5 Å². The van der Waals surface area contributed by atoms with Crippen molar-refractivity contribution < 1.29 is 5.11 Å². The highest BCUT2D eigenvalue weighted by Crippen LogP contribution is 2.21. The van der Waals surface area contributed by atoms with Gasteiger partial charge in [-0.2, -0.15) is 0 Å². The van der Waals surface area contributed by atoms with Gasteiger partial charge < -0.3 is 10.0 Å². The zero-order valence-corrected chi connectivity index (χ0v) is 12.5. The molecule has 0 fully saturated rings. The van der Waals surface area contributed by atoms with Gasteiger partial charge in [0.2, 0.25) is 0 Å². The monoisotopic (exact) mass is 269 g/mol. The van der Waals surface area contributed by atoms with E-state index in [1.165, 1.54) is 11.1 Å². The summed E-state index contributed by atoms with van der Waals surface area (Å²) in [6, 6.07) is 16.8. The molecule has 0 radical (unpaired) electrons. The zero-order chi connectivity index (χ0) is 14.5. The fourth-order valence-corrected chi connectivity index (χ4v) is 2.25. The van der Waals surface area contributed by atoms with E-state index in [1.807, 2.05) is 19.1 Å². The smallest absolute Gasteiger partial charge is 0.0787 e. The molecule has 0 saturated carbocycles. The third kappa shape index (κ3) is 3.61. The number of nitrogens with zero attached hydrogens (tertiary/aromatic N) is 1. The lowest BCUT2D eigenvalue weighted by atomic mass is 10.1. The molecule has 2 aromatic carbocycles. The minimum Gasteiger partial charge on any atom is -0.388 e. The molecule has 2 heteroatoms. The summed E-state index contributed by atoms with van der Waals surface area (Å²) in [5.74, 6) is 0. The van der Waals surface area contributed by atoms with Crippen LogP contribution < -0.4 is 4.90 Å². The summed E-state index contributed by atoms with van der Waals surface area (Å²) in [6.07, 6.45) is 0.393. The summed E-state index contributed by atoms with van der Waals surface area (Å²) in [5, 5.41) is 9.81. The Morgan fingerprint density at radius 2 is 1.60 bits per heavy atom. The molecule has 20 heavy (non-hydrogen) atoms. The van der Waals surface area contributed by atoms with Gasteiger partial charge in [-0.05, 0) is 36.6 Å². The Morgan fingerprint density at radius 1 is 1.00 bits per heavy atom. The summed E-state index contributed by atoms with van der Waals surface area (Å²) in [5.41, 5.74) is 4.74.